The molecular weight excluding hydrogens is 358 g/mol. The van der Waals surface area contributed by atoms with Gasteiger partial charge < -0.3 is 14.6 Å². The topological polar surface area (TPSA) is 77.2 Å². The number of nitrogens with zero attached hydrogens (tertiary/aromatic N) is 2. The molecule has 0 fully saturated rings. The minimum Gasteiger partial charge on any atom is -0.453 e. The number of ether oxygens (including phenoxy) is 1. The van der Waals surface area contributed by atoms with Crippen molar-refractivity contribution in [3.8, 4) is 0 Å². The lowest BCUT2D eigenvalue weighted by atomic mass is 10.3. The molecule has 1 N–H and O–H groups in total. The summed E-state index contributed by atoms with van der Waals surface area (Å²) in [4.78, 5) is 18.0. The van der Waals surface area contributed by atoms with E-state index < -0.39 is 0 Å². The Hall–Kier alpha value is -2.71. The highest BCUT2D eigenvalue weighted by molar-refractivity contribution is 7.29. The van der Waals surface area contributed by atoms with E-state index in [4.69, 9.17) is 9.26 Å². The summed E-state index contributed by atoms with van der Waals surface area (Å²) in [6, 6.07) is 13.4. The number of fused-ring (bicyclic) bond motifs is 1. The fourth-order valence-corrected chi connectivity index (χ4v) is 4.26. The third-order valence-corrected chi connectivity index (χ3v) is 5.39. The van der Waals surface area contributed by atoms with E-state index in [1.54, 1.807) is 6.07 Å². The van der Waals surface area contributed by atoms with Crippen LogP contribution in [0.25, 0.3) is 9.53 Å². The molecule has 6 nitrogen and oxygen atoms in total. The first-order valence-electron chi connectivity index (χ1n) is 7.49. The number of para-hydroxylation sites is 1. The van der Waals surface area contributed by atoms with E-state index in [-0.39, 0.29) is 12.6 Å². The maximum absolute atomic E-state index is 12.2. The van der Waals surface area contributed by atoms with Crippen molar-refractivity contribution < 1.29 is 14.1 Å². The van der Waals surface area contributed by atoms with E-state index in [2.05, 4.69) is 15.5 Å². The fourth-order valence-electron chi connectivity index (χ4n) is 2.23. The predicted molar refractivity (Wildman–Crippen MR) is 97.6 cm³/mol. The molecule has 0 aliphatic carbocycles. The first kappa shape index (κ1) is 15.8. The summed E-state index contributed by atoms with van der Waals surface area (Å²) in [6.07, 6.45) is 0. The molecule has 0 saturated carbocycles. The van der Waals surface area contributed by atoms with E-state index in [0.29, 0.717) is 10.6 Å². The molecule has 8 heteroatoms. The van der Waals surface area contributed by atoms with Gasteiger partial charge in [-0.2, -0.15) is 0 Å². The Morgan fingerprint density at radius 1 is 1.24 bits per heavy atom. The number of thiophene rings is 1. The molecule has 0 radical (unpaired) electrons. The van der Waals surface area contributed by atoms with Gasteiger partial charge in [0.1, 0.15) is 9.71 Å². The molecule has 0 saturated heterocycles. The summed E-state index contributed by atoms with van der Waals surface area (Å²) in [5, 5.41) is 7.81. The van der Waals surface area contributed by atoms with E-state index in [1.807, 2.05) is 43.3 Å². The Labute approximate surface area is 151 Å². The Morgan fingerprint density at radius 2 is 2.08 bits per heavy atom. The van der Waals surface area contributed by atoms with Crippen molar-refractivity contribution in [2.75, 3.05) is 5.32 Å². The molecule has 126 valence electrons. The summed E-state index contributed by atoms with van der Waals surface area (Å²) < 4.78 is 11.2. The maximum Gasteiger partial charge on any atom is 0.348 e. The maximum atomic E-state index is 12.2. The molecule has 1 aromatic carbocycles. The summed E-state index contributed by atoms with van der Waals surface area (Å²) in [5.74, 6) is 0.138. The van der Waals surface area contributed by atoms with Crippen molar-refractivity contribution >= 4 is 49.0 Å². The van der Waals surface area contributed by atoms with Crippen LogP contribution in [0.2, 0.25) is 0 Å². The minimum atomic E-state index is -0.387. The van der Waals surface area contributed by atoms with E-state index in [0.717, 1.165) is 26.0 Å². The zero-order chi connectivity index (χ0) is 17.2. The molecule has 3 heterocycles. The summed E-state index contributed by atoms with van der Waals surface area (Å²) in [7, 11) is 0. The van der Waals surface area contributed by atoms with E-state index in [9.17, 15) is 4.79 Å². The SMILES string of the molecule is Cc1cc(COC(=O)c2cc3sc(Nc4ccccc4)nc3s2)on1. The number of rotatable bonds is 5. The second-order valence-corrected chi connectivity index (χ2v) is 7.36. The molecule has 25 heavy (non-hydrogen) atoms. The summed E-state index contributed by atoms with van der Waals surface area (Å²) >= 11 is 2.82. The van der Waals surface area contributed by atoms with Crippen molar-refractivity contribution in [1.82, 2.24) is 10.1 Å². The number of anilines is 2. The van der Waals surface area contributed by atoms with Crippen molar-refractivity contribution in [2.45, 2.75) is 13.5 Å². The normalized spacial score (nSPS) is 10.9. The number of aryl methyl sites for hydroxylation is 1. The fraction of sp³-hybridized carbons (Fsp3) is 0.118. The molecule has 3 aromatic heterocycles. The monoisotopic (exact) mass is 371 g/mol. The summed E-state index contributed by atoms with van der Waals surface area (Å²) in [5.41, 5.74) is 1.73. The number of thiazole rings is 1. The van der Waals surface area contributed by atoms with Crippen molar-refractivity contribution in [3.63, 3.8) is 0 Å². The highest BCUT2D eigenvalue weighted by Crippen LogP contribution is 2.34. The number of carbonyl (C=O) groups excluding carboxylic acids is 1. The second kappa shape index (κ2) is 6.66. The van der Waals surface area contributed by atoms with Crippen LogP contribution in [0.1, 0.15) is 21.1 Å². The van der Waals surface area contributed by atoms with E-state index >= 15 is 0 Å². The number of hydrogen-bond donors (Lipinski definition) is 1. The molecule has 0 bridgehead atoms. The number of carbonyl (C=O) groups is 1. The number of aromatic nitrogens is 2. The van der Waals surface area contributed by atoms with Crippen molar-refractivity contribution in [2.24, 2.45) is 0 Å². The van der Waals surface area contributed by atoms with Gasteiger partial charge in [0.05, 0.1) is 10.4 Å². The van der Waals surface area contributed by atoms with Gasteiger partial charge in [0.2, 0.25) is 0 Å². The van der Waals surface area contributed by atoms with E-state index in [1.165, 1.54) is 22.7 Å². The Kier molecular flexibility index (Phi) is 4.21. The molecule has 0 atom stereocenters. The van der Waals surface area contributed by atoms with Crippen LogP contribution in [0.15, 0.2) is 47.0 Å². The predicted octanol–water partition coefficient (Wildman–Crippen LogP) is 4.75. The number of benzene rings is 1. The Morgan fingerprint density at radius 3 is 2.80 bits per heavy atom. The molecule has 0 unspecified atom stereocenters. The van der Waals surface area contributed by atoms with Gasteiger partial charge in [0.15, 0.2) is 17.5 Å². The van der Waals surface area contributed by atoms with Crippen LogP contribution in [0.3, 0.4) is 0 Å². The number of nitrogens with one attached hydrogen (secondary N) is 1. The highest BCUT2D eigenvalue weighted by Gasteiger charge is 2.16. The van der Waals surface area contributed by atoms with Crippen LogP contribution in [0, 0.1) is 6.92 Å². The average Bonchev–Trinajstić information content (AvgIpc) is 3.28. The molecule has 0 spiro atoms. The standard InChI is InChI=1S/C17H13N3O3S2/c1-10-7-12(23-20-10)9-22-16(21)14-8-13-15(24-14)19-17(25-13)18-11-5-3-2-4-6-11/h2-8H,9H2,1H3,(H,18,19). The molecule has 4 aromatic rings. The Balaban J connectivity index is 1.44. The van der Waals surface area contributed by atoms with Crippen LogP contribution in [-0.2, 0) is 11.3 Å². The van der Waals surface area contributed by atoms with Gasteiger partial charge in [-0.05, 0) is 25.1 Å². The van der Waals surface area contributed by atoms with Gasteiger partial charge in [-0.25, -0.2) is 9.78 Å². The number of hydrogen-bond acceptors (Lipinski definition) is 8. The lowest BCUT2D eigenvalue weighted by Crippen LogP contribution is -2.02. The van der Waals surface area contributed by atoms with Crippen molar-refractivity contribution in [1.29, 1.82) is 0 Å². The van der Waals surface area contributed by atoms with Crippen molar-refractivity contribution in [3.05, 3.63) is 58.8 Å². The largest absolute Gasteiger partial charge is 0.453 e. The van der Waals surface area contributed by atoms with Gasteiger partial charge in [-0.15, -0.1) is 11.3 Å². The minimum absolute atomic E-state index is 0.0689. The van der Waals surface area contributed by atoms with Crippen LogP contribution >= 0.6 is 22.7 Å². The second-order valence-electron chi connectivity index (χ2n) is 5.30. The first-order valence-corrected chi connectivity index (χ1v) is 9.12. The third kappa shape index (κ3) is 3.54. The zero-order valence-corrected chi connectivity index (χ0v) is 14.8. The number of esters is 1. The lowest BCUT2D eigenvalue weighted by Gasteiger charge is -2.00. The van der Waals surface area contributed by atoms with Crippen LogP contribution in [0.4, 0.5) is 10.8 Å². The van der Waals surface area contributed by atoms with Crippen LogP contribution in [0.5, 0.6) is 0 Å². The summed E-state index contributed by atoms with van der Waals surface area (Å²) in [6.45, 7) is 1.88. The molecule has 0 amide bonds. The van der Waals surface area contributed by atoms with Gasteiger partial charge in [0, 0.05) is 11.8 Å². The van der Waals surface area contributed by atoms with Crippen LogP contribution < -0.4 is 5.32 Å². The van der Waals surface area contributed by atoms with Gasteiger partial charge in [0.25, 0.3) is 0 Å². The highest BCUT2D eigenvalue weighted by atomic mass is 32.1. The quantitative estimate of drug-likeness (QED) is 0.510. The van der Waals surface area contributed by atoms with Gasteiger partial charge in [-0.3, -0.25) is 0 Å². The van der Waals surface area contributed by atoms with Gasteiger partial charge in [-0.1, -0.05) is 34.7 Å². The molecule has 0 aliphatic heterocycles. The zero-order valence-electron chi connectivity index (χ0n) is 13.2. The van der Waals surface area contributed by atoms with Gasteiger partial charge >= 0.3 is 5.97 Å². The Bertz CT molecular complexity index is 989. The third-order valence-electron chi connectivity index (χ3n) is 3.34. The molecule has 0 aliphatic rings. The first-order chi connectivity index (χ1) is 12.2. The molecule has 4 rings (SSSR count). The van der Waals surface area contributed by atoms with Crippen LogP contribution in [-0.4, -0.2) is 16.1 Å². The lowest BCUT2D eigenvalue weighted by molar-refractivity contribution is 0.0443. The molecular formula is C17H13N3O3S2. The smallest absolute Gasteiger partial charge is 0.348 e. The average molecular weight is 371 g/mol.